The Kier molecular flexibility index (Phi) is 6.87. The molecule has 0 saturated carbocycles. The number of alkyl carbamates (subject to hydrolysis) is 1. The first-order valence-electron chi connectivity index (χ1n) is 8.82. The molecule has 2 amide bonds. The highest BCUT2D eigenvalue weighted by molar-refractivity contribution is 7.91. The van der Waals surface area contributed by atoms with Crippen molar-refractivity contribution in [3.05, 3.63) is 17.5 Å². The fourth-order valence-corrected chi connectivity index (χ4v) is 4.96. The molecule has 0 aromatic carbocycles. The minimum absolute atomic E-state index is 0.0676. The van der Waals surface area contributed by atoms with Crippen LogP contribution in [0.1, 0.15) is 40.5 Å². The Morgan fingerprint density at radius 1 is 1.30 bits per heavy atom. The summed E-state index contributed by atoms with van der Waals surface area (Å²) in [5.41, 5.74) is -0.560. The highest BCUT2D eigenvalue weighted by atomic mass is 32.2. The number of nitrogens with zero attached hydrogens (tertiary/aromatic N) is 1. The summed E-state index contributed by atoms with van der Waals surface area (Å²) in [5.74, 6) is -0.272. The van der Waals surface area contributed by atoms with E-state index >= 15 is 0 Å². The molecule has 10 heteroatoms. The molecule has 1 aliphatic rings. The maximum absolute atomic E-state index is 12.6. The van der Waals surface area contributed by atoms with Crippen molar-refractivity contribution in [3.8, 4) is 0 Å². The first-order chi connectivity index (χ1) is 12.5. The third-order valence-corrected chi connectivity index (χ3v) is 6.93. The van der Waals surface area contributed by atoms with E-state index in [1.54, 1.807) is 44.0 Å². The summed E-state index contributed by atoms with van der Waals surface area (Å²) in [6.07, 6.45) is 0.717. The van der Waals surface area contributed by atoms with Crippen LogP contribution in [0.3, 0.4) is 0 Å². The topological polar surface area (TPSA) is 105 Å². The minimum atomic E-state index is -3.70. The maximum atomic E-state index is 12.6. The summed E-state index contributed by atoms with van der Waals surface area (Å²) < 4.78 is 32.3. The predicted molar refractivity (Wildman–Crippen MR) is 103 cm³/mol. The lowest BCUT2D eigenvalue weighted by molar-refractivity contribution is -0.133. The van der Waals surface area contributed by atoms with Crippen LogP contribution in [-0.2, 0) is 19.6 Å². The molecule has 0 radical (unpaired) electrons. The molecule has 2 heterocycles. The third-order valence-electron chi connectivity index (χ3n) is 3.99. The number of carbonyl (C=O) groups is 2. The fraction of sp³-hybridized carbons (Fsp3) is 0.647. The lowest BCUT2D eigenvalue weighted by Crippen LogP contribution is -2.52. The number of ether oxygens (including phenoxy) is 1. The van der Waals surface area contributed by atoms with E-state index in [0.717, 1.165) is 11.3 Å². The van der Waals surface area contributed by atoms with Gasteiger partial charge in [0, 0.05) is 19.1 Å². The van der Waals surface area contributed by atoms with Crippen molar-refractivity contribution >= 4 is 33.4 Å². The van der Waals surface area contributed by atoms with E-state index in [-0.39, 0.29) is 16.2 Å². The van der Waals surface area contributed by atoms with Gasteiger partial charge in [-0.15, -0.1) is 11.3 Å². The SMILES string of the molecule is CC(NS(=O)(=O)c1cccs1)C(=O)N1CCC(NC(=O)OC(C)(C)C)CC1. The lowest BCUT2D eigenvalue weighted by Gasteiger charge is -2.34. The molecule has 1 fully saturated rings. The molecule has 152 valence electrons. The second-order valence-corrected chi connectivity index (χ2v) is 10.4. The van der Waals surface area contributed by atoms with E-state index in [9.17, 15) is 18.0 Å². The van der Waals surface area contributed by atoms with Crippen molar-refractivity contribution in [2.75, 3.05) is 13.1 Å². The van der Waals surface area contributed by atoms with Crippen LogP contribution in [0.5, 0.6) is 0 Å². The van der Waals surface area contributed by atoms with Gasteiger partial charge in [0.15, 0.2) is 0 Å². The van der Waals surface area contributed by atoms with Crippen molar-refractivity contribution < 1.29 is 22.7 Å². The molecule has 1 atom stereocenters. The Labute approximate surface area is 164 Å². The third kappa shape index (κ3) is 6.47. The summed E-state index contributed by atoms with van der Waals surface area (Å²) in [7, 11) is -3.70. The van der Waals surface area contributed by atoms with Gasteiger partial charge >= 0.3 is 6.09 Å². The van der Waals surface area contributed by atoms with Crippen molar-refractivity contribution in [3.63, 3.8) is 0 Å². The van der Waals surface area contributed by atoms with E-state index in [1.165, 1.54) is 6.07 Å². The van der Waals surface area contributed by atoms with Gasteiger partial charge in [0.1, 0.15) is 9.81 Å². The summed E-state index contributed by atoms with van der Waals surface area (Å²) in [5, 5.41) is 4.48. The molecular weight excluding hydrogens is 390 g/mol. The Morgan fingerprint density at radius 2 is 1.93 bits per heavy atom. The molecule has 0 spiro atoms. The number of carbonyl (C=O) groups excluding carboxylic acids is 2. The molecule has 1 unspecified atom stereocenters. The molecule has 2 N–H and O–H groups in total. The second kappa shape index (κ2) is 8.57. The van der Waals surface area contributed by atoms with Crippen LogP contribution >= 0.6 is 11.3 Å². The van der Waals surface area contributed by atoms with E-state index < -0.39 is 27.8 Å². The van der Waals surface area contributed by atoms with Crippen LogP contribution in [0.15, 0.2) is 21.7 Å². The van der Waals surface area contributed by atoms with E-state index in [1.807, 2.05) is 0 Å². The number of thiophene rings is 1. The predicted octanol–water partition coefficient (Wildman–Crippen LogP) is 1.93. The zero-order valence-corrected chi connectivity index (χ0v) is 17.7. The molecule has 0 aliphatic carbocycles. The van der Waals surface area contributed by atoms with Crippen LogP contribution in [-0.4, -0.2) is 56.1 Å². The first kappa shape index (κ1) is 21.6. The number of sulfonamides is 1. The number of piperidine rings is 1. The number of nitrogens with one attached hydrogen (secondary N) is 2. The molecule has 8 nitrogen and oxygen atoms in total. The van der Waals surface area contributed by atoms with Crippen LogP contribution in [0.25, 0.3) is 0 Å². The van der Waals surface area contributed by atoms with Gasteiger partial charge in [0.2, 0.25) is 5.91 Å². The van der Waals surface area contributed by atoms with E-state index in [4.69, 9.17) is 4.74 Å². The van der Waals surface area contributed by atoms with E-state index in [0.29, 0.717) is 25.9 Å². The zero-order chi connectivity index (χ0) is 20.2. The summed E-state index contributed by atoms with van der Waals surface area (Å²) in [6.45, 7) is 7.83. The average Bonchev–Trinajstić information content (AvgIpc) is 3.08. The highest BCUT2D eigenvalue weighted by Crippen LogP contribution is 2.17. The molecule has 1 saturated heterocycles. The Balaban J connectivity index is 1.83. The molecular formula is C17H27N3O5S2. The summed E-state index contributed by atoms with van der Waals surface area (Å²) in [6, 6.07) is 2.22. The smallest absolute Gasteiger partial charge is 0.407 e. The van der Waals surface area contributed by atoms with Crippen LogP contribution in [0, 0.1) is 0 Å². The van der Waals surface area contributed by atoms with E-state index in [2.05, 4.69) is 10.0 Å². The molecule has 1 aliphatic heterocycles. The summed E-state index contributed by atoms with van der Waals surface area (Å²) in [4.78, 5) is 26.0. The van der Waals surface area contributed by atoms with Gasteiger partial charge in [-0.25, -0.2) is 13.2 Å². The van der Waals surface area contributed by atoms with Gasteiger partial charge in [0.05, 0.1) is 6.04 Å². The number of likely N-dealkylation sites (tertiary alicyclic amines) is 1. The monoisotopic (exact) mass is 417 g/mol. The quantitative estimate of drug-likeness (QED) is 0.762. The molecule has 2 rings (SSSR count). The van der Waals surface area contributed by atoms with Crippen LogP contribution in [0.4, 0.5) is 4.79 Å². The van der Waals surface area contributed by atoms with Gasteiger partial charge in [-0.3, -0.25) is 4.79 Å². The van der Waals surface area contributed by atoms with Gasteiger partial charge in [0.25, 0.3) is 10.0 Å². The normalized spacial score (nSPS) is 17.4. The Bertz CT molecular complexity index is 748. The fourth-order valence-electron chi connectivity index (χ4n) is 2.75. The highest BCUT2D eigenvalue weighted by Gasteiger charge is 2.30. The maximum Gasteiger partial charge on any atom is 0.407 e. The lowest BCUT2D eigenvalue weighted by atomic mass is 10.0. The Hall–Kier alpha value is -1.65. The second-order valence-electron chi connectivity index (χ2n) is 7.52. The van der Waals surface area contributed by atoms with Gasteiger partial charge in [-0.1, -0.05) is 6.07 Å². The van der Waals surface area contributed by atoms with Gasteiger partial charge in [-0.05, 0) is 52.0 Å². The minimum Gasteiger partial charge on any atom is -0.444 e. The molecule has 1 aromatic heterocycles. The average molecular weight is 418 g/mol. The van der Waals surface area contributed by atoms with Crippen molar-refractivity contribution in [1.29, 1.82) is 0 Å². The zero-order valence-electron chi connectivity index (χ0n) is 16.0. The van der Waals surface area contributed by atoms with Crippen molar-refractivity contribution in [1.82, 2.24) is 14.9 Å². The summed E-state index contributed by atoms with van der Waals surface area (Å²) >= 11 is 1.10. The standard InChI is InChI=1S/C17H27N3O5S2/c1-12(19-27(23,24)14-6-5-11-26-14)15(21)20-9-7-13(8-10-20)18-16(22)25-17(2,3)4/h5-6,11-13,19H,7-10H2,1-4H3,(H,18,22). The van der Waals surface area contributed by atoms with Crippen LogP contribution < -0.4 is 10.0 Å². The number of hydrogen-bond acceptors (Lipinski definition) is 6. The Morgan fingerprint density at radius 3 is 2.44 bits per heavy atom. The van der Waals surface area contributed by atoms with Gasteiger partial charge in [-0.2, -0.15) is 4.72 Å². The number of amides is 2. The number of rotatable bonds is 5. The largest absolute Gasteiger partial charge is 0.444 e. The van der Waals surface area contributed by atoms with Crippen molar-refractivity contribution in [2.45, 2.75) is 62.4 Å². The molecule has 0 bridgehead atoms. The van der Waals surface area contributed by atoms with Crippen LogP contribution in [0.2, 0.25) is 0 Å². The van der Waals surface area contributed by atoms with Gasteiger partial charge < -0.3 is 15.0 Å². The first-order valence-corrected chi connectivity index (χ1v) is 11.2. The molecule has 1 aromatic rings. The molecule has 27 heavy (non-hydrogen) atoms. The van der Waals surface area contributed by atoms with Crippen molar-refractivity contribution in [2.24, 2.45) is 0 Å². The number of hydrogen-bond donors (Lipinski definition) is 2.